The molecule has 0 bridgehead atoms. The van der Waals surface area contributed by atoms with Crippen molar-refractivity contribution in [1.82, 2.24) is 10.2 Å². The SMILES string of the molecule is CCC(CC)N1CC(=O)NC(C)(CC)C1=O. The second-order valence-electron chi connectivity index (χ2n) is 4.64. The Morgan fingerprint density at radius 2 is 1.88 bits per heavy atom. The van der Waals surface area contributed by atoms with Crippen LogP contribution in [0.5, 0.6) is 0 Å². The zero-order chi connectivity index (χ0) is 12.3. The number of rotatable bonds is 4. The summed E-state index contributed by atoms with van der Waals surface area (Å²) in [5, 5.41) is 2.80. The quantitative estimate of drug-likeness (QED) is 0.785. The molecule has 0 saturated carbocycles. The Bertz CT molecular complexity index is 287. The van der Waals surface area contributed by atoms with Gasteiger partial charge in [0.1, 0.15) is 5.54 Å². The Balaban J connectivity index is 2.93. The molecule has 1 heterocycles. The summed E-state index contributed by atoms with van der Waals surface area (Å²) in [5.41, 5.74) is -0.710. The second kappa shape index (κ2) is 4.85. The van der Waals surface area contributed by atoms with E-state index in [9.17, 15) is 9.59 Å². The fourth-order valence-corrected chi connectivity index (χ4v) is 2.21. The van der Waals surface area contributed by atoms with E-state index in [0.717, 1.165) is 12.8 Å². The molecule has 92 valence electrons. The minimum Gasteiger partial charge on any atom is -0.340 e. The van der Waals surface area contributed by atoms with Gasteiger partial charge in [-0.3, -0.25) is 9.59 Å². The van der Waals surface area contributed by atoms with Gasteiger partial charge in [-0.15, -0.1) is 0 Å². The van der Waals surface area contributed by atoms with Crippen molar-refractivity contribution in [2.45, 2.75) is 58.5 Å². The molecule has 1 aliphatic heterocycles. The van der Waals surface area contributed by atoms with Crippen LogP contribution < -0.4 is 5.32 Å². The third-order valence-electron chi connectivity index (χ3n) is 3.55. The van der Waals surface area contributed by atoms with Gasteiger partial charge in [-0.05, 0) is 26.2 Å². The van der Waals surface area contributed by atoms with Crippen molar-refractivity contribution in [3.8, 4) is 0 Å². The van der Waals surface area contributed by atoms with E-state index < -0.39 is 5.54 Å². The summed E-state index contributed by atoms with van der Waals surface area (Å²) in [6.07, 6.45) is 2.43. The van der Waals surface area contributed by atoms with Gasteiger partial charge in [0.25, 0.3) is 0 Å². The number of amides is 2. The molecule has 0 aromatic carbocycles. The first-order chi connectivity index (χ1) is 7.48. The van der Waals surface area contributed by atoms with Crippen molar-refractivity contribution in [1.29, 1.82) is 0 Å². The number of hydrogen-bond donors (Lipinski definition) is 1. The molecule has 1 unspecified atom stereocenters. The van der Waals surface area contributed by atoms with E-state index in [1.54, 1.807) is 4.90 Å². The number of carbonyl (C=O) groups is 2. The van der Waals surface area contributed by atoms with Crippen molar-refractivity contribution < 1.29 is 9.59 Å². The Morgan fingerprint density at radius 3 is 2.31 bits per heavy atom. The minimum absolute atomic E-state index is 0.0455. The lowest BCUT2D eigenvalue weighted by atomic mass is 9.92. The largest absolute Gasteiger partial charge is 0.340 e. The monoisotopic (exact) mass is 226 g/mol. The van der Waals surface area contributed by atoms with Crippen LogP contribution in [0, 0.1) is 0 Å². The molecule has 0 aromatic rings. The van der Waals surface area contributed by atoms with Gasteiger partial charge in [0.2, 0.25) is 11.8 Å². The van der Waals surface area contributed by atoms with Crippen LogP contribution in [-0.4, -0.2) is 34.8 Å². The average Bonchev–Trinajstić information content (AvgIpc) is 2.26. The van der Waals surface area contributed by atoms with Crippen molar-refractivity contribution in [2.24, 2.45) is 0 Å². The van der Waals surface area contributed by atoms with Crippen LogP contribution in [0.4, 0.5) is 0 Å². The molecule has 1 atom stereocenters. The number of hydrogen-bond acceptors (Lipinski definition) is 2. The van der Waals surface area contributed by atoms with Crippen LogP contribution >= 0.6 is 0 Å². The lowest BCUT2D eigenvalue weighted by Crippen LogP contribution is -2.66. The Kier molecular flexibility index (Phi) is 3.94. The summed E-state index contributed by atoms with van der Waals surface area (Å²) in [4.78, 5) is 25.7. The highest BCUT2D eigenvalue weighted by Crippen LogP contribution is 2.21. The van der Waals surface area contributed by atoms with Crippen LogP contribution in [0.3, 0.4) is 0 Å². The number of nitrogens with one attached hydrogen (secondary N) is 1. The van der Waals surface area contributed by atoms with E-state index in [2.05, 4.69) is 19.2 Å². The summed E-state index contributed by atoms with van der Waals surface area (Å²) in [5.74, 6) is 0.0131. The molecule has 1 N–H and O–H groups in total. The number of piperazine rings is 1. The maximum atomic E-state index is 12.3. The first-order valence-corrected chi connectivity index (χ1v) is 6.10. The zero-order valence-corrected chi connectivity index (χ0v) is 10.7. The molecule has 4 nitrogen and oxygen atoms in total. The maximum Gasteiger partial charge on any atom is 0.248 e. The summed E-state index contributed by atoms with van der Waals surface area (Å²) >= 11 is 0. The van der Waals surface area contributed by atoms with Crippen LogP contribution in [0.2, 0.25) is 0 Å². The van der Waals surface area contributed by atoms with E-state index in [0.29, 0.717) is 6.42 Å². The van der Waals surface area contributed by atoms with Gasteiger partial charge in [-0.25, -0.2) is 0 Å². The van der Waals surface area contributed by atoms with Crippen LogP contribution in [0.1, 0.15) is 47.0 Å². The van der Waals surface area contributed by atoms with Gasteiger partial charge in [-0.1, -0.05) is 20.8 Å². The molecular weight excluding hydrogens is 204 g/mol. The molecule has 1 rings (SSSR count). The second-order valence-corrected chi connectivity index (χ2v) is 4.64. The fourth-order valence-electron chi connectivity index (χ4n) is 2.21. The van der Waals surface area contributed by atoms with Crippen molar-refractivity contribution in [3.63, 3.8) is 0 Å². The molecule has 2 amide bonds. The zero-order valence-electron chi connectivity index (χ0n) is 10.7. The first kappa shape index (κ1) is 13.0. The summed E-state index contributed by atoms with van der Waals surface area (Å²) in [7, 11) is 0. The van der Waals surface area contributed by atoms with E-state index in [1.807, 2.05) is 13.8 Å². The van der Waals surface area contributed by atoms with E-state index in [-0.39, 0.29) is 24.4 Å². The highest BCUT2D eigenvalue weighted by atomic mass is 16.2. The molecule has 1 fully saturated rings. The van der Waals surface area contributed by atoms with E-state index in [1.165, 1.54) is 0 Å². The minimum atomic E-state index is -0.710. The Labute approximate surface area is 97.4 Å². The maximum absolute atomic E-state index is 12.3. The molecule has 4 heteroatoms. The van der Waals surface area contributed by atoms with Gasteiger partial charge in [0, 0.05) is 6.04 Å². The molecule has 16 heavy (non-hydrogen) atoms. The molecule has 0 radical (unpaired) electrons. The third kappa shape index (κ3) is 2.20. The van der Waals surface area contributed by atoms with Gasteiger partial charge in [0.05, 0.1) is 6.54 Å². The highest BCUT2D eigenvalue weighted by molar-refractivity contribution is 5.97. The standard InChI is InChI=1S/C12H22N2O2/c1-5-9(6-2)14-8-10(15)13-12(4,7-3)11(14)16/h9H,5-8H2,1-4H3,(H,13,15). The topological polar surface area (TPSA) is 49.4 Å². The predicted molar refractivity (Wildman–Crippen MR) is 62.9 cm³/mol. The molecule has 1 saturated heterocycles. The lowest BCUT2D eigenvalue weighted by molar-refractivity contribution is -0.152. The van der Waals surface area contributed by atoms with E-state index >= 15 is 0 Å². The number of carbonyl (C=O) groups excluding carboxylic acids is 2. The molecular formula is C12H22N2O2. The van der Waals surface area contributed by atoms with Crippen molar-refractivity contribution >= 4 is 11.8 Å². The van der Waals surface area contributed by atoms with Crippen molar-refractivity contribution in [3.05, 3.63) is 0 Å². The van der Waals surface area contributed by atoms with E-state index in [4.69, 9.17) is 0 Å². The van der Waals surface area contributed by atoms with Crippen LogP contribution in [-0.2, 0) is 9.59 Å². The smallest absolute Gasteiger partial charge is 0.248 e. The molecule has 0 aromatic heterocycles. The molecule has 0 aliphatic carbocycles. The summed E-state index contributed by atoms with van der Waals surface area (Å²) in [6.45, 7) is 8.05. The van der Waals surface area contributed by atoms with Gasteiger partial charge in [0.15, 0.2) is 0 Å². The Hall–Kier alpha value is -1.06. The van der Waals surface area contributed by atoms with Crippen LogP contribution in [0.15, 0.2) is 0 Å². The van der Waals surface area contributed by atoms with Gasteiger partial charge in [-0.2, -0.15) is 0 Å². The predicted octanol–water partition coefficient (Wildman–Crippen LogP) is 1.30. The fraction of sp³-hybridized carbons (Fsp3) is 0.833. The van der Waals surface area contributed by atoms with Crippen molar-refractivity contribution in [2.75, 3.05) is 6.54 Å². The Morgan fingerprint density at radius 1 is 1.31 bits per heavy atom. The first-order valence-electron chi connectivity index (χ1n) is 6.10. The van der Waals surface area contributed by atoms with Gasteiger partial charge < -0.3 is 10.2 Å². The normalized spacial score (nSPS) is 26.2. The highest BCUT2D eigenvalue weighted by Gasteiger charge is 2.43. The summed E-state index contributed by atoms with van der Waals surface area (Å²) < 4.78 is 0. The van der Waals surface area contributed by atoms with Crippen LogP contribution in [0.25, 0.3) is 0 Å². The lowest BCUT2D eigenvalue weighted by Gasteiger charge is -2.42. The number of nitrogens with zero attached hydrogens (tertiary/aromatic N) is 1. The molecule has 1 aliphatic rings. The summed E-state index contributed by atoms with van der Waals surface area (Å²) in [6, 6.07) is 0.185. The third-order valence-corrected chi connectivity index (χ3v) is 3.55. The molecule has 0 spiro atoms. The van der Waals surface area contributed by atoms with Gasteiger partial charge >= 0.3 is 0 Å². The average molecular weight is 226 g/mol.